The Bertz CT molecular complexity index is 497. The van der Waals surface area contributed by atoms with Crippen molar-refractivity contribution in [3.05, 3.63) is 23.4 Å². The van der Waals surface area contributed by atoms with E-state index in [0.29, 0.717) is 12.1 Å². The fourth-order valence-corrected chi connectivity index (χ4v) is 2.12. The van der Waals surface area contributed by atoms with Gasteiger partial charge in [-0.3, -0.25) is 4.79 Å². The van der Waals surface area contributed by atoms with E-state index in [2.05, 4.69) is 23.3 Å². The molecule has 0 saturated carbocycles. The Hall–Kier alpha value is -2.09. The molecular formula is C16H24N4O. The molecule has 1 aromatic rings. The Morgan fingerprint density at radius 2 is 2.19 bits per heavy atom. The van der Waals surface area contributed by atoms with Gasteiger partial charge in [-0.25, -0.2) is 4.98 Å². The van der Waals surface area contributed by atoms with Crippen molar-refractivity contribution in [1.29, 1.82) is 5.26 Å². The van der Waals surface area contributed by atoms with Crippen molar-refractivity contribution in [2.24, 2.45) is 5.92 Å². The Morgan fingerprint density at radius 1 is 1.48 bits per heavy atom. The van der Waals surface area contributed by atoms with Gasteiger partial charge >= 0.3 is 0 Å². The van der Waals surface area contributed by atoms with Gasteiger partial charge in [-0.2, -0.15) is 5.26 Å². The van der Waals surface area contributed by atoms with Crippen molar-refractivity contribution in [3.63, 3.8) is 0 Å². The van der Waals surface area contributed by atoms with Gasteiger partial charge in [0.15, 0.2) is 0 Å². The summed E-state index contributed by atoms with van der Waals surface area (Å²) in [5, 5.41) is 12.0. The molecule has 1 N–H and O–H groups in total. The minimum Gasteiger partial charge on any atom is -0.370 e. The maximum absolute atomic E-state index is 12.5. The molecule has 0 saturated heterocycles. The van der Waals surface area contributed by atoms with Crippen LogP contribution in [0.2, 0.25) is 0 Å². The molecule has 0 aromatic carbocycles. The second-order valence-electron chi connectivity index (χ2n) is 5.23. The third-order valence-corrected chi connectivity index (χ3v) is 3.10. The van der Waals surface area contributed by atoms with Crippen molar-refractivity contribution >= 4 is 11.7 Å². The number of aromatic nitrogens is 1. The quantitative estimate of drug-likeness (QED) is 0.837. The molecule has 5 heteroatoms. The van der Waals surface area contributed by atoms with Crippen LogP contribution in [0.3, 0.4) is 0 Å². The second kappa shape index (κ2) is 8.25. The Labute approximate surface area is 127 Å². The number of amides is 1. The van der Waals surface area contributed by atoms with E-state index in [4.69, 9.17) is 5.26 Å². The summed E-state index contributed by atoms with van der Waals surface area (Å²) in [5.41, 5.74) is 1.54. The first-order valence-corrected chi connectivity index (χ1v) is 7.41. The number of hydrogen-bond donors (Lipinski definition) is 1. The van der Waals surface area contributed by atoms with E-state index in [1.807, 2.05) is 19.9 Å². The average Bonchev–Trinajstić information content (AvgIpc) is 2.46. The Balaban J connectivity index is 2.98. The lowest BCUT2D eigenvalue weighted by Crippen LogP contribution is -2.30. The molecule has 0 bridgehead atoms. The summed E-state index contributed by atoms with van der Waals surface area (Å²) in [5.74, 6) is 0.480. The predicted octanol–water partition coefficient (Wildman–Crippen LogP) is 2.70. The van der Waals surface area contributed by atoms with E-state index in [-0.39, 0.29) is 11.8 Å². The molecular weight excluding hydrogens is 264 g/mol. The van der Waals surface area contributed by atoms with Crippen LogP contribution in [0.1, 0.15) is 43.2 Å². The zero-order valence-corrected chi connectivity index (χ0v) is 13.3. The summed E-state index contributed by atoms with van der Waals surface area (Å²) < 4.78 is 0. The van der Waals surface area contributed by atoms with Gasteiger partial charge in [0.05, 0.1) is 12.0 Å². The van der Waals surface area contributed by atoms with E-state index >= 15 is 0 Å². The number of nitrogens with zero attached hydrogens (tertiary/aromatic N) is 3. The lowest BCUT2D eigenvalue weighted by molar-refractivity contribution is 0.0785. The first-order valence-electron chi connectivity index (χ1n) is 7.41. The molecule has 0 radical (unpaired) electrons. The third kappa shape index (κ3) is 5.07. The predicted molar refractivity (Wildman–Crippen MR) is 84.1 cm³/mol. The summed E-state index contributed by atoms with van der Waals surface area (Å²) in [6.07, 6.45) is 1.83. The van der Waals surface area contributed by atoms with Crippen LogP contribution in [0.4, 0.5) is 5.82 Å². The van der Waals surface area contributed by atoms with Crippen LogP contribution in [-0.2, 0) is 6.42 Å². The summed E-state index contributed by atoms with van der Waals surface area (Å²) >= 11 is 0. The lowest BCUT2D eigenvalue weighted by atomic mass is 10.1. The molecule has 0 fully saturated rings. The van der Waals surface area contributed by atoms with Gasteiger partial charge in [0.2, 0.25) is 0 Å². The van der Waals surface area contributed by atoms with Gasteiger partial charge in [0.25, 0.3) is 5.91 Å². The van der Waals surface area contributed by atoms with Crippen LogP contribution >= 0.6 is 0 Å². The summed E-state index contributed by atoms with van der Waals surface area (Å²) in [6.45, 7) is 7.08. The Morgan fingerprint density at radius 3 is 2.76 bits per heavy atom. The molecule has 1 atom stereocenters. The molecule has 1 rings (SSSR count). The molecule has 0 spiro atoms. The third-order valence-electron chi connectivity index (χ3n) is 3.10. The minimum atomic E-state index is -0.177. The molecule has 1 unspecified atom stereocenters. The highest BCUT2D eigenvalue weighted by Crippen LogP contribution is 2.14. The first kappa shape index (κ1) is 17.0. The van der Waals surface area contributed by atoms with Gasteiger partial charge in [-0.1, -0.05) is 13.3 Å². The molecule has 0 aliphatic rings. The standard InChI is InChI=1S/C16H24N4O/c1-5-7-14-8-13(9-15(19-14)18-6-2)16(21)20(4)11-12(3)10-17/h8-9,12H,5-7,11H2,1-4H3,(H,18,19). The number of carbonyl (C=O) groups is 1. The van der Waals surface area contributed by atoms with Gasteiger partial charge in [-0.15, -0.1) is 0 Å². The zero-order chi connectivity index (χ0) is 15.8. The number of anilines is 1. The highest BCUT2D eigenvalue weighted by Gasteiger charge is 2.16. The van der Waals surface area contributed by atoms with Crippen LogP contribution in [0.25, 0.3) is 0 Å². The Kier molecular flexibility index (Phi) is 6.67. The number of nitrogens with one attached hydrogen (secondary N) is 1. The van der Waals surface area contributed by atoms with Crippen LogP contribution in [0, 0.1) is 17.2 Å². The average molecular weight is 288 g/mol. The van der Waals surface area contributed by atoms with Crippen molar-refractivity contribution in [2.45, 2.75) is 33.6 Å². The second-order valence-corrected chi connectivity index (χ2v) is 5.23. The lowest BCUT2D eigenvalue weighted by Gasteiger charge is -2.19. The number of hydrogen-bond acceptors (Lipinski definition) is 4. The first-order chi connectivity index (χ1) is 10.0. The number of aryl methyl sites for hydroxylation is 1. The van der Waals surface area contributed by atoms with Gasteiger partial charge in [0, 0.05) is 31.4 Å². The normalized spacial score (nSPS) is 11.6. The molecule has 1 amide bonds. The molecule has 0 aliphatic carbocycles. The summed E-state index contributed by atoms with van der Waals surface area (Å²) in [7, 11) is 1.73. The van der Waals surface area contributed by atoms with Crippen molar-refractivity contribution in [3.8, 4) is 6.07 Å². The van der Waals surface area contributed by atoms with E-state index in [0.717, 1.165) is 30.9 Å². The van der Waals surface area contributed by atoms with E-state index in [1.165, 1.54) is 0 Å². The van der Waals surface area contributed by atoms with Crippen molar-refractivity contribution < 1.29 is 4.79 Å². The largest absolute Gasteiger partial charge is 0.370 e. The zero-order valence-electron chi connectivity index (χ0n) is 13.3. The van der Waals surface area contributed by atoms with E-state index in [9.17, 15) is 4.79 Å². The minimum absolute atomic E-state index is 0.0731. The fourth-order valence-electron chi connectivity index (χ4n) is 2.12. The van der Waals surface area contributed by atoms with Gasteiger partial charge in [0.1, 0.15) is 5.82 Å². The number of carbonyl (C=O) groups excluding carboxylic acids is 1. The van der Waals surface area contributed by atoms with Crippen LogP contribution in [-0.4, -0.2) is 35.9 Å². The maximum Gasteiger partial charge on any atom is 0.253 e. The summed E-state index contributed by atoms with van der Waals surface area (Å²) in [4.78, 5) is 18.6. The number of rotatable bonds is 7. The highest BCUT2D eigenvalue weighted by atomic mass is 16.2. The monoisotopic (exact) mass is 288 g/mol. The van der Waals surface area contributed by atoms with Crippen LogP contribution in [0.5, 0.6) is 0 Å². The molecule has 1 heterocycles. The molecule has 0 aliphatic heterocycles. The summed E-state index contributed by atoms with van der Waals surface area (Å²) in [6, 6.07) is 5.77. The number of nitriles is 1. The maximum atomic E-state index is 12.5. The smallest absolute Gasteiger partial charge is 0.253 e. The topological polar surface area (TPSA) is 69.0 Å². The SMILES string of the molecule is CCCc1cc(C(=O)N(C)CC(C)C#N)cc(NCC)n1. The highest BCUT2D eigenvalue weighted by molar-refractivity contribution is 5.94. The number of pyridine rings is 1. The molecule has 5 nitrogen and oxygen atoms in total. The molecule has 21 heavy (non-hydrogen) atoms. The van der Waals surface area contributed by atoms with Crippen molar-refractivity contribution in [2.75, 3.05) is 25.5 Å². The molecule has 114 valence electrons. The fraction of sp³-hybridized carbons (Fsp3) is 0.562. The van der Waals surface area contributed by atoms with Crippen molar-refractivity contribution in [1.82, 2.24) is 9.88 Å². The van der Waals surface area contributed by atoms with Crippen LogP contribution < -0.4 is 5.32 Å². The van der Waals surface area contributed by atoms with E-state index < -0.39 is 0 Å². The van der Waals surface area contributed by atoms with Gasteiger partial charge < -0.3 is 10.2 Å². The van der Waals surface area contributed by atoms with Crippen LogP contribution in [0.15, 0.2) is 12.1 Å². The van der Waals surface area contributed by atoms with Gasteiger partial charge in [-0.05, 0) is 32.4 Å². The van der Waals surface area contributed by atoms with E-state index in [1.54, 1.807) is 18.0 Å². The molecule has 1 aromatic heterocycles.